The van der Waals surface area contributed by atoms with Crippen LogP contribution in [-0.4, -0.2) is 42.1 Å². The van der Waals surface area contributed by atoms with Crippen LogP contribution in [0.5, 0.6) is 0 Å². The molecule has 4 heteroatoms. The van der Waals surface area contributed by atoms with Crippen LogP contribution in [0.15, 0.2) is 22.9 Å². The van der Waals surface area contributed by atoms with Crippen LogP contribution >= 0.6 is 15.9 Å². The molecule has 0 saturated carbocycles. The third-order valence-corrected chi connectivity index (χ3v) is 4.09. The maximum Gasteiger partial charge on any atom is 0.0410 e. The summed E-state index contributed by atoms with van der Waals surface area (Å²) in [6.45, 7) is 7.67. The Morgan fingerprint density at radius 1 is 1.39 bits per heavy atom. The second-order valence-corrected chi connectivity index (χ2v) is 6.29. The highest BCUT2D eigenvalue weighted by atomic mass is 79.9. The molecule has 1 heterocycles. The van der Waals surface area contributed by atoms with Crippen LogP contribution in [-0.2, 0) is 6.42 Å². The van der Waals surface area contributed by atoms with Crippen molar-refractivity contribution in [2.45, 2.75) is 38.8 Å². The predicted molar refractivity (Wildman–Crippen MR) is 80.9 cm³/mol. The van der Waals surface area contributed by atoms with Crippen molar-refractivity contribution < 1.29 is 0 Å². The summed E-state index contributed by atoms with van der Waals surface area (Å²) in [4.78, 5) is 6.51. The van der Waals surface area contributed by atoms with Crippen molar-refractivity contribution >= 4 is 15.9 Å². The SMILES string of the molecule is CCNC(Cc1cncc(Br)c1)C(C)(C)N(C)C. The van der Waals surface area contributed by atoms with Gasteiger partial charge >= 0.3 is 0 Å². The third-order valence-electron chi connectivity index (χ3n) is 3.66. The average Bonchev–Trinajstić information content (AvgIpc) is 2.28. The van der Waals surface area contributed by atoms with E-state index < -0.39 is 0 Å². The lowest BCUT2D eigenvalue weighted by Crippen LogP contribution is -2.56. The van der Waals surface area contributed by atoms with E-state index in [2.05, 4.69) is 72.1 Å². The molecule has 0 saturated heterocycles. The molecule has 0 fully saturated rings. The van der Waals surface area contributed by atoms with Gasteiger partial charge in [0.05, 0.1) is 0 Å². The lowest BCUT2D eigenvalue weighted by molar-refractivity contribution is 0.138. The Bertz CT molecular complexity index is 377. The van der Waals surface area contributed by atoms with E-state index in [4.69, 9.17) is 0 Å². The van der Waals surface area contributed by atoms with Crippen LogP contribution in [0.3, 0.4) is 0 Å². The minimum atomic E-state index is 0.0956. The molecule has 0 aromatic carbocycles. The Labute approximate surface area is 119 Å². The molecule has 3 nitrogen and oxygen atoms in total. The van der Waals surface area contributed by atoms with Gasteiger partial charge in [0, 0.05) is 28.4 Å². The number of aromatic nitrogens is 1. The van der Waals surface area contributed by atoms with Gasteiger partial charge in [-0.25, -0.2) is 0 Å². The summed E-state index contributed by atoms with van der Waals surface area (Å²) >= 11 is 3.48. The Balaban J connectivity index is 2.87. The molecule has 102 valence electrons. The molecular weight excluding hydrogens is 290 g/mol. The lowest BCUT2D eigenvalue weighted by atomic mass is 9.88. The molecule has 1 aromatic rings. The molecule has 18 heavy (non-hydrogen) atoms. The number of halogens is 1. The molecule has 0 aliphatic heterocycles. The Hall–Kier alpha value is -0.450. The third kappa shape index (κ3) is 4.04. The van der Waals surface area contributed by atoms with Gasteiger partial charge in [-0.15, -0.1) is 0 Å². The van der Waals surface area contributed by atoms with Crippen LogP contribution in [0.4, 0.5) is 0 Å². The fraction of sp³-hybridized carbons (Fsp3) is 0.643. The van der Waals surface area contributed by atoms with Gasteiger partial charge in [-0.3, -0.25) is 4.98 Å². The summed E-state index contributed by atoms with van der Waals surface area (Å²) in [6.07, 6.45) is 4.75. The molecule has 0 aliphatic rings. The first kappa shape index (κ1) is 15.6. The maximum absolute atomic E-state index is 4.24. The number of rotatable bonds is 6. The van der Waals surface area contributed by atoms with Crippen LogP contribution in [0, 0.1) is 0 Å². The Morgan fingerprint density at radius 3 is 2.56 bits per heavy atom. The summed E-state index contributed by atoms with van der Waals surface area (Å²) in [5, 5.41) is 3.59. The first-order valence-electron chi connectivity index (χ1n) is 6.38. The van der Waals surface area contributed by atoms with Gasteiger partial charge in [-0.1, -0.05) is 6.92 Å². The fourth-order valence-corrected chi connectivity index (χ4v) is 2.35. The fourth-order valence-electron chi connectivity index (χ4n) is 1.93. The predicted octanol–water partition coefficient (Wildman–Crippen LogP) is 2.70. The molecule has 1 atom stereocenters. The zero-order valence-corrected chi connectivity index (χ0v) is 13.6. The number of nitrogens with one attached hydrogen (secondary N) is 1. The summed E-state index contributed by atoms with van der Waals surface area (Å²) in [6, 6.07) is 2.54. The van der Waals surface area contributed by atoms with Crippen molar-refractivity contribution in [1.29, 1.82) is 0 Å². The smallest absolute Gasteiger partial charge is 0.0410 e. The van der Waals surface area contributed by atoms with Gasteiger partial charge in [-0.05, 0) is 68.5 Å². The van der Waals surface area contributed by atoms with Crippen molar-refractivity contribution in [3.63, 3.8) is 0 Å². The highest BCUT2D eigenvalue weighted by Crippen LogP contribution is 2.20. The van der Waals surface area contributed by atoms with Crippen LogP contribution in [0.2, 0.25) is 0 Å². The molecule has 1 rings (SSSR count). The van der Waals surface area contributed by atoms with Crippen molar-refractivity contribution in [3.05, 3.63) is 28.5 Å². The topological polar surface area (TPSA) is 28.2 Å². The summed E-state index contributed by atoms with van der Waals surface area (Å²) < 4.78 is 1.04. The highest BCUT2D eigenvalue weighted by Gasteiger charge is 2.30. The quantitative estimate of drug-likeness (QED) is 0.875. The normalized spacial score (nSPS) is 13.9. The van der Waals surface area contributed by atoms with Crippen molar-refractivity contribution in [1.82, 2.24) is 15.2 Å². The summed E-state index contributed by atoms with van der Waals surface area (Å²) in [7, 11) is 4.26. The van der Waals surface area contributed by atoms with E-state index in [1.807, 2.05) is 12.4 Å². The second-order valence-electron chi connectivity index (χ2n) is 5.37. The van der Waals surface area contributed by atoms with E-state index in [1.54, 1.807) is 0 Å². The lowest BCUT2D eigenvalue weighted by Gasteiger charge is -2.40. The van der Waals surface area contributed by atoms with Crippen LogP contribution < -0.4 is 5.32 Å². The standard InChI is InChI=1S/C14H24BrN3/c1-6-17-13(14(2,3)18(4)5)8-11-7-12(15)10-16-9-11/h7,9-10,13,17H,6,8H2,1-5H3. The molecule has 1 N–H and O–H groups in total. The molecule has 0 radical (unpaired) electrons. The molecule has 1 unspecified atom stereocenters. The zero-order valence-electron chi connectivity index (χ0n) is 12.0. The van der Waals surface area contributed by atoms with E-state index in [0.717, 1.165) is 17.4 Å². The minimum absolute atomic E-state index is 0.0956. The molecule has 1 aromatic heterocycles. The van der Waals surface area contributed by atoms with Crippen LogP contribution in [0.25, 0.3) is 0 Å². The molecular formula is C14H24BrN3. The molecule has 0 spiro atoms. The number of likely N-dealkylation sites (N-methyl/N-ethyl adjacent to an activating group) is 2. The van der Waals surface area contributed by atoms with E-state index in [9.17, 15) is 0 Å². The number of nitrogens with zero attached hydrogens (tertiary/aromatic N) is 2. The molecule has 0 amide bonds. The molecule has 0 bridgehead atoms. The first-order valence-corrected chi connectivity index (χ1v) is 7.17. The van der Waals surface area contributed by atoms with Crippen LogP contribution in [0.1, 0.15) is 26.3 Å². The maximum atomic E-state index is 4.24. The van der Waals surface area contributed by atoms with Gasteiger partial charge < -0.3 is 10.2 Å². The largest absolute Gasteiger partial charge is 0.312 e. The number of hydrogen-bond acceptors (Lipinski definition) is 3. The monoisotopic (exact) mass is 313 g/mol. The van der Waals surface area contributed by atoms with E-state index in [0.29, 0.717) is 6.04 Å². The first-order chi connectivity index (χ1) is 8.37. The van der Waals surface area contributed by atoms with Gasteiger partial charge in [0.1, 0.15) is 0 Å². The Kier molecular flexibility index (Phi) is 5.76. The molecule has 0 aliphatic carbocycles. The minimum Gasteiger partial charge on any atom is -0.312 e. The van der Waals surface area contributed by atoms with Gasteiger partial charge in [0.25, 0.3) is 0 Å². The second kappa shape index (κ2) is 6.64. The van der Waals surface area contributed by atoms with Gasteiger partial charge in [-0.2, -0.15) is 0 Å². The Morgan fingerprint density at radius 2 is 2.06 bits per heavy atom. The van der Waals surface area contributed by atoms with Crippen molar-refractivity contribution in [2.24, 2.45) is 0 Å². The zero-order chi connectivity index (χ0) is 13.8. The summed E-state index contributed by atoms with van der Waals surface area (Å²) in [5.41, 5.74) is 1.35. The van der Waals surface area contributed by atoms with Crippen molar-refractivity contribution in [3.8, 4) is 0 Å². The number of hydrogen-bond donors (Lipinski definition) is 1. The van der Waals surface area contributed by atoms with E-state index in [1.165, 1.54) is 5.56 Å². The van der Waals surface area contributed by atoms with E-state index >= 15 is 0 Å². The van der Waals surface area contributed by atoms with Gasteiger partial charge in [0.2, 0.25) is 0 Å². The highest BCUT2D eigenvalue weighted by molar-refractivity contribution is 9.10. The van der Waals surface area contributed by atoms with Gasteiger partial charge in [0.15, 0.2) is 0 Å². The van der Waals surface area contributed by atoms with Crippen molar-refractivity contribution in [2.75, 3.05) is 20.6 Å². The average molecular weight is 314 g/mol. The summed E-state index contributed by atoms with van der Waals surface area (Å²) in [5.74, 6) is 0. The van der Waals surface area contributed by atoms with E-state index in [-0.39, 0.29) is 5.54 Å². The number of pyridine rings is 1.